The molecule has 0 aliphatic carbocycles. The van der Waals surface area contributed by atoms with Crippen molar-refractivity contribution in [1.29, 1.82) is 0 Å². The molecule has 0 aromatic carbocycles. The molecule has 0 fully saturated rings. The third kappa shape index (κ3) is 4.10. The minimum Gasteiger partial charge on any atom is -0.342 e. The summed E-state index contributed by atoms with van der Waals surface area (Å²) in [4.78, 5) is 19.8. The first-order valence-corrected chi connectivity index (χ1v) is 6.38. The Labute approximate surface area is 108 Å². The van der Waals surface area contributed by atoms with Gasteiger partial charge in [0, 0.05) is 19.5 Å². The second kappa shape index (κ2) is 7.10. The number of likely N-dealkylation sites (N-methyl/N-ethyl adjacent to an activating group) is 2. The molecular weight excluding hydrogens is 232 g/mol. The Morgan fingerprint density at radius 2 is 1.94 bits per heavy atom. The van der Waals surface area contributed by atoms with Crippen LogP contribution in [-0.4, -0.2) is 52.5 Å². The van der Waals surface area contributed by atoms with Gasteiger partial charge in [-0.1, -0.05) is 12.1 Å². The Morgan fingerprint density at radius 1 is 1.28 bits per heavy atom. The van der Waals surface area contributed by atoms with Crippen molar-refractivity contribution in [3.63, 3.8) is 0 Å². The Hall–Kier alpha value is -1.43. The van der Waals surface area contributed by atoms with Crippen LogP contribution in [0.3, 0.4) is 0 Å². The normalized spacial score (nSPS) is 10.9. The monoisotopic (exact) mass is 254 g/mol. The summed E-state index contributed by atoms with van der Waals surface area (Å²) in [6, 6.07) is 0. The van der Waals surface area contributed by atoms with Crippen molar-refractivity contribution in [1.82, 2.24) is 19.9 Å². The average Bonchev–Trinajstić information content (AvgIpc) is 2.78. The topological polar surface area (TPSA) is 62.5 Å². The molecule has 0 N–H and O–H groups in total. The van der Waals surface area contributed by atoms with Crippen molar-refractivity contribution in [3.8, 4) is 0 Å². The highest BCUT2D eigenvalue weighted by Crippen LogP contribution is 2.02. The second-order valence-electron chi connectivity index (χ2n) is 4.20. The molecule has 18 heavy (non-hydrogen) atoms. The van der Waals surface area contributed by atoms with Crippen molar-refractivity contribution in [2.45, 2.75) is 33.7 Å². The molecular formula is C12H22N4O2. The Morgan fingerprint density at radius 3 is 2.44 bits per heavy atom. The summed E-state index contributed by atoms with van der Waals surface area (Å²) in [5, 5.41) is 3.83. The van der Waals surface area contributed by atoms with E-state index >= 15 is 0 Å². The van der Waals surface area contributed by atoms with Crippen molar-refractivity contribution < 1.29 is 9.32 Å². The first-order valence-electron chi connectivity index (χ1n) is 6.38. The van der Waals surface area contributed by atoms with Crippen LogP contribution in [-0.2, 0) is 17.8 Å². The molecule has 0 unspecified atom stereocenters. The first-order chi connectivity index (χ1) is 8.60. The molecule has 1 aromatic rings. The molecule has 0 saturated heterocycles. The van der Waals surface area contributed by atoms with Crippen molar-refractivity contribution in [2.75, 3.05) is 26.7 Å². The fourth-order valence-electron chi connectivity index (χ4n) is 1.69. The number of amides is 1. The number of carbonyl (C=O) groups excluding carboxylic acids is 1. The molecule has 0 atom stereocenters. The van der Waals surface area contributed by atoms with Gasteiger partial charge >= 0.3 is 0 Å². The van der Waals surface area contributed by atoms with E-state index in [9.17, 15) is 4.79 Å². The van der Waals surface area contributed by atoms with Crippen LogP contribution in [0, 0.1) is 0 Å². The van der Waals surface area contributed by atoms with E-state index in [-0.39, 0.29) is 5.91 Å². The van der Waals surface area contributed by atoms with Gasteiger partial charge in [-0.25, -0.2) is 0 Å². The van der Waals surface area contributed by atoms with Crippen LogP contribution in [0.15, 0.2) is 4.52 Å². The summed E-state index contributed by atoms with van der Waals surface area (Å²) >= 11 is 0. The first kappa shape index (κ1) is 14.6. The van der Waals surface area contributed by atoms with E-state index in [1.165, 1.54) is 0 Å². The van der Waals surface area contributed by atoms with Gasteiger partial charge in [-0.05, 0) is 20.9 Å². The second-order valence-corrected chi connectivity index (χ2v) is 4.20. The predicted molar refractivity (Wildman–Crippen MR) is 67.9 cm³/mol. The fraction of sp³-hybridized carbons (Fsp3) is 0.750. The molecule has 1 heterocycles. The van der Waals surface area contributed by atoms with Gasteiger partial charge in [0.1, 0.15) is 0 Å². The van der Waals surface area contributed by atoms with Gasteiger partial charge in [-0.15, -0.1) is 0 Å². The summed E-state index contributed by atoms with van der Waals surface area (Å²) in [5.74, 6) is 1.38. The van der Waals surface area contributed by atoms with E-state index in [0.717, 1.165) is 19.5 Å². The highest BCUT2D eigenvalue weighted by atomic mass is 16.5. The fourth-order valence-corrected chi connectivity index (χ4v) is 1.69. The lowest BCUT2D eigenvalue weighted by Crippen LogP contribution is -2.38. The minimum absolute atomic E-state index is 0.123. The Balaban J connectivity index is 2.45. The van der Waals surface area contributed by atoms with Gasteiger partial charge in [0.2, 0.25) is 11.8 Å². The maximum absolute atomic E-state index is 11.9. The molecule has 1 aromatic heterocycles. The van der Waals surface area contributed by atoms with E-state index < -0.39 is 0 Å². The maximum atomic E-state index is 11.9. The molecule has 0 saturated carbocycles. The van der Waals surface area contributed by atoms with Gasteiger partial charge in [0.05, 0.1) is 13.1 Å². The van der Waals surface area contributed by atoms with E-state index in [2.05, 4.69) is 10.1 Å². The lowest BCUT2D eigenvalue weighted by atomic mass is 10.4. The zero-order valence-electron chi connectivity index (χ0n) is 11.6. The highest BCUT2D eigenvalue weighted by Gasteiger charge is 2.14. The van der Waals surface area contributed by atoms with Crippen LogP contribution in [0.4, 0.5) is 0 Å². The van der Waals surface area contributed by atoms with E-state index in [1.54, 1.807) is 0 Å². The Kier molecular flexibility index (Phi) is 5.77. The third-order valence-electron chi connectivity index (χ3n) is 2.75. The van der Waals surface area contributed by atoms with Gasteiger partial charge in [0.15, 0.2) is 5.82 Å². The zero-order valence-corrected chi connectivity index (χ0v) is 11.6. The zero-order chi connectivity index (χ0) is 13.5. The van der Waals surface area contributed by atoms with Crippen molar-refractivity contribution >= 4 is 5.91 Å². The largest absolute Gasteiger partial charge is 0.342 e. The smallest absolute Gasteiger partial charge is 0.240 e. The number of hydrogen-bond donors (Lipinski definition) is 0. The molecule has 6 nitrogen and oxygen atoms in total. The number of rotatable bonds is 7. The number of aromatic nitrogens is 2. The summed E-state index contributed by atoms with van der Waals surface area (Å²) in [7, 11) is 1.87. The molecule has 1 amide bonds. The minimum atomic E-state index is 0.123. The van der Waals surface area contributed by atoms with Gasteiger partial charge in [0.25, 0.3) is 0 Å². The molecule has 1 rings (SSSR count). The van der Waals surface area contributed by atoms with Gasteiger partial charge < -0.3 is 9.42 Å². The van der Waals surface area contributed by atoms with Crippen LogP contribution in [0.1, 0.15) is 32.5 Å². The predicted octanol–water partition coefficient (Wildman–Crippen LogP) is 0.932. The SMILES string of the molecule is CCc1noc(CN(C)CC(=O)N(CC)CC)n1. The lowest BCUT2D eigenvalue weighted by molar-refractivity contribution is -0.131. The molecule has 102 valence electrons. The summed E-state index contributed by atoms with van der Waals surface area (Å²) in [6.45, 7) is 8.28. The van der Waals surface area contributed by atoms with E-state index in [4.69, 9.17) is 4.52 Å². The number of nitrogens with zero attached hydrogens (tertiary/aromatic N) is 4. The number of carbonyl (C=O) groups is 1. The standard InChI is InChI=1S/C12H22N4O2/c1-5-10-13-11(18-14-10)8-15(4)9-12(17)16(6-2)7-3/h5-9H2,1-4H3. The van der Waals surface area contributed by atoms with Gasteiger partial charge in [-0.3, -0.25) is 9.69 Å². The van der Waals surface area contributed by atoms with Crippen LogP contribution >= 0.6 is 0 Å². The molecule has 6 heteroatoms. The molecule has 0 aliphatic heterocycles. The third-order valence-corrected chi connectivity index (χ3v) is 2.75. The Bertz CT molecular complexity index is 374. The number of hydrogen-bond acceptors (Lipinski definition) is 5. The molecule has 0 aliphatic rings. The number of aryl methyl sites for hydroxylation is 1. The lowest BCUT2D eigenvalue weighted by Gasteiger charge is -2.22. The molecule has 0 radical (unpaired) electrons. The summed E-state index contributed by atoms with van der Waals surface area (Å²) in [6.07, 6.45) is 0.756. The van der Waals surface area contributed by atoms with Crippen molar-refractivity contribution in [3.05, 3.63) is 11.7 Å². The quantitative estimate of drug-likeness (QED) is 0.724. The van der Waals surface area contributed by atoms with Crippen LogP contribution < -0.4 is 0 Å². The average molecular weight is 254 g/mol. The van der Waals surface area contributed by atoms with E-state index in [1.807, 2.05) is 37.6 Å². The van der Waals surface area contributed by atoms with E-state index in [0.29, 0.717) is 24.8 Å². The summed E-state index contributed by atoms with van der Waals surface area (Å²) < 4.78 is 5.09. The van der Waals surface area contributed by atoms with Crippen LogP contribution in [0.5, 0.6) is 0 Å². The van der Waals surface area contributed by atoms with Crippen molar-refractivity contribution in [2.24, 2.45) is 0 Å². The highest BCUT2D eigenvalue weighted by molar-refractivity contribution is 5.78. The summed E-state index contributed by atoms with van der Waals surface area (Å²) in [5.41, 5.74) is 0. The van der Waals surface area contributed by atoms with Gasteiger partial charge in [-0.2, -0.15) is 4.98 Å². The van der Waals surface area contributed by atoms with Crippen LogP contribution in [0.2, 0.25) is 0 Å². The molecule has 0 bridgehead atoms. The maximum Gasteiger partial charge on any atom is 0.240 e. The van der Waals surface area contributed by atoms with Crippen LogP contribution in [0.25, 0.3) is 0 Å². The molecule has 0 spiro atoms.